The highest BCUT2D eigenvalue weighted by Gasteiger charge is 2.21. The molecule has 0 N–H and O–H groups in total. The van der Waals surface area contributed by atoms with Gasteiger partial charge in [-0.05, 0) is 6.42 Å². The summed E-state index contributed by atoms with van der Waals surface area (Å²) in [6.45, 7) is 2.41. The molecule has 50 valence electrons. The Kier molecular flexibility index (Phi) is 1.72. The summed E-state index contributed by atoms with van der Waals surface area (Å²) in [4.78, 5) is 10.5. The maximum atomic E-state index is 10.5. The van der Waals surface area contributed by atoms with Gasteiger partial charge < -0.3 is 9.47 Å². The lowest BCUT2D eigenvalue weighted by molar-refractivity contribution is -0.140. The van der Waals surface area contributed by atoms with Gasteiger partial charge in [0.25, 0.3) is 0 Å². The van der Waals surface area contributed by atoms with Crippen molar-refractivity contribution in [2.45, 2.75) is 13.3 Å². The molecule has 0 spiro atoms. The maximum absolute atomic E-state index is 10.5. The first-order valence-corrected chi connectivity index (χ1v) is 2.88. The third-order valence-electron chi connectivity index (χ3n) is 0.874. The van der Waals surface area contributed by atoms with Gasteiger partial charge in [-0.3, -0.25) is 0 Å². The van der Waals surface area contributed by atoms with Gasteiger partial charge in [0.2, 0.25) is 5.76 Å². The molecule has 0 saturated heterocycles. The molecule has 1 heterocycles. The topological polar surface area (TPSA) is 38.8 Å². The molecule has 1 aliphatic heterocycles. The van der Waals surface area contributed by atoms with Gasteiger partial charge in [-0.2, -0.15) is 0 Å². The smallest absolute Gasteiger partial charge is 0.377 e. The molecule has 0 aliphatic carbocycles. The van der Waals surface area contributed by atoms with Crippen molar-refractivity contribution in [1.29, 1.82) is 0 Å². The number of esters is 1. The number of rotatable bonds is 3. The highest BCUT2D eigenvalue weighted by atomic mass is 16.6. The van der Waals surface area contributed by atoms with Crippen LogP contribution in [0.3, 0.4) is 0 Å². The molecule has 3 nitrogen and oxygen atoms in total. The van der Waals surface area contributed by atoms with Crippen molar-refractivity contribution in [2.75, 3.05) is 6.61 Å². The molecular weight excluding hydrogens is 120 g/mol. The number of ether oxygens (including phenoxy) is 2. The zero-order chi connectivity index (χ0) is 6.69. The van der Waals surface area contributed by atoms with Crippen LogP contribution in [0.15, 0.2) is 12.0 Å². The van der Waals surface area contributed by atoms with Gasteiger partial charge in [-0.15, -0.1) is 0 Å². The maximum Gasteiger partial charge on any atom is 0.377 e. The molecule has 1 rings (SSSR count). The fraction of sp³-hybridized carbons (Fsp3) is 0.500. The van der Waals surface area contributed by atoms with Crippen LogP contribution < -0.4 is 0 Å². The second-order valence-corrected chi connectivity index (χ2v) is 1.74. The normalized spacial score (nSPS) is 13.7. The van der Waals surface area contributed by atoms with Crippen LogP contribution in [0.2, 0.25) is 0 Å². The van der Waals surface area contributed by atoms with E-state index >= 15 is 0 Å². The highest BCUT2D eigenvalue weighted by Crippen LogP contribution is 2.14. The first-order chi connectivity index (χ1) is 4.34. The van der Waals surface area contributed by atoms with E-state index in [2.05, 4.69) is 9.47 Å². The average Bonchev–Trinajstić information content (AvgIpc) is 2.63. The summed E-state index contributed by atoms with van der Waals surface area (Å²) < 4.78 is 9.17. The first-order valence-electron chi connectivity index (χ1n) is 2.88. The van der Waals surface area contributed by atoms with E-state index in [1.54, 1.807) is 0 Å². The Morgan fingerprint density at radius 1 is 1.89 bits per heavy atom. The molecule has 0 amide bonds. The van der Waals surface area contributed by atoms with Crippen LogP contribution in [-0.4, -0.2) is 12.6 Å². The molecule has 0 radical (unpaired) electrons. The minimum absolute atomic E-state index is 0.337. The summed E-state index contributed by atoms with van der Waals surface area (Å²) in [6, 6.07) is 0. The van der Waals surface area contributed by atoms with Crippen LogP contribution in [0.4, 0.5) is 0 Å². The van der Waals surface area contributed by atoms with Crippen molar-refractivity contribution in [3.63, 3.8) is 0 Å². The zero-order valence-electron chi connectivity index (χ0n) is 5.22. The highest BCUT2D eigenvalue weighted by molar-refractivity contribution is 5.88. The van der Waals surface area contributed by atoms with E-state index in [4.69, 9.17) is 0 Å². The molecule has 0 aromatic rings. The largest absolute Gasteiger partial charge is 0.460 e. The SMILES string of the molecule is CCCOC(=O)C1=CO1. The summed E-state index contributed by atoms with van der Waals surface area (Å²) in [5.41, 5.74) is 0. The van der Waals surface area contributed by atoms with Crippen molar-refractivity contribution in [2.24, 2.45) is 0 Å². The molecule has 0 unspecified atom stereocenters. The van der Waals surface area contributed by atoms with Gasteiger partial charge >= 0.3 is 5.97 Å². The molecule has 0 saturated carbocycles. The summed E-state index contributed by atoms with van der Waals surface area (Å²) >= 11 is 0. The lowest BCUT2D eigenvalue weighted by atomic mass is 10.5. The van der Waals surface area contributed by atoms with E-state index in [-0.39, 0.29) is 5.97 Å². The summed E-state index contributed by atoms with van der Waals surface area (Å²) in [5.74, 6) is -0.0136. The Balaban J connectivity index is 2.11. The molecule has 0 fully saturated rings. The molecule has 0 aromatic heterocycles. The van der Waals surface area contributed by atoms with Crippen molar-refractivity contribution in [1.82, 2.24) is 0 Å². The lowest BCUT2D eigenvalue weighted by Crippen LogP contribution is -2.02. The van der Waals surface area contributed by atoms with Gasteiger partial charge in [0.05, 0.1) is 6.61 Å². The van der Waals surface area contributed by atoms with Gasteiger partial charge in [0.15, 0.2) is 0 Å². The summed E-state index contributed by atoms with van der Waals surface area (Å²) in [5, 5.41) is 0. The monoisotopic (exact) mass is 128 g/mol. The third-order valence-corrected chi connectivity index (χ3v) is 0.874. The lowest BCUT2D eigenvalue weighted by Gasteiger charge is -1.94. The second kappa shape index (κ2) is 2.53. The molecular formula is C6H8O3. The third kappa shape index (κ3) is 1.76. The fourth-order valence-corrected chi connectivity index (χ4v) is 0.392. The molecule has 3 heteroatoms. The predicted molar refractivity (Wildman–Crippen MR) is 30.4 cm³/mol. The Morgan fingerprint density at radius 2 is 2.56 bits per heavy atom. The molecule has 9 heavy (non-hydrogen) atoms. The van der Waals surface area contributed by atoms with Crippen LogP contribution in [0.1, 0.15) is 13.3 Å². The van der Waals surface area contributed by atoms with E-state index in [0.717, 1.165) is 6.42 Å². The zero-order valence-corrected chi connectivity index (χ0v) is 5.22. The molecule has 0 bridgehead atoms. The Bertz CT molecular complexity index is 148. The minimum atomic E-state index is -0.350. The van der Waals surface area contributed by atoms with E-state index in [1.807, 2.05) is 6.92 Å². The van der Waals surface area contributed by atoms with Gasteiger partial charge in [-0.1, -0.05) is 6.92 Å². The molecule has 0 aromatic carbocycles. The van der Waals surface area contributed by atoms with Crippen molar-refractivity contribution in [3.05, 3.63) is 12.0 Å². The standard InChI is InChI=1S/C6H8O3/c1-2-3-8-6(7)5-4-9-5/h4H,2-3H2,1H3. The minimum Gasteiger partial charge on any atom is -0.460 e. The van der Waals surface area contributed by atoms with Crippen LogP contribution in [-0.2, 0) is 14.3 Å². The number of hydrogen-bond donors (Lipinski definition) is 0. The summed E-state index contributed by atoms with van der Waals surface area (Å²) in [6.07, 6.45) is 2.22. The molecule has 1 aliphatic rings. The number of carbonyl (C=O) groups excluding carboxylic acids is 1. The van der Waals surface area contributed by atoms with Crippen molar-refractivity contribution in [3.8, 4) is 0 Å². The van der Waals surface area contributed by atoms with Crippen LogP contribution in [0.25, 0.3) is 0 Å². The second-order valence-electron chi connectivity index (χ2n) is 1.74. The van der Waals surface area contributed by atoms with E-state index < -0.39 is 0 Å². The van der Waals surface area contributed by atoms with Gasteiger partial charge in [-0.25, -0.2) is 4.79 Å². The van der Waals surface area contributed by atoms with Crippen LogP contribution in [0.5, 0.6) is 0 Å². The predicted octanol–water partition coefficient (Wildman–Crippen LogP) is 0.811. The van der Waals surface area contributed by atoms with E-state index in [1.165, 1.54) is 6.26 Å². The number of hydrogen-bond acceptors (Lipinski definition) is 3. The number of carbonyl (C=O) groups is 1. The Hall–Kier alpha value is -0.990. The fourth-order valence-electron chi connectivity index (χ4n) is 0.392. The quantitative estimate of drug-likeness (QED) is 0.528. The van der Waals surface area contributed by atoms with Crippen molar-refractivity contribution < 1.29 is 14.3 Å². The Morgan fingerprint density at radius 3 is 3.00 bits per heavy atom. The van der Waals surface area contributed by atoms with Crippen LogP contribution >= 0.6 is 0 Å². The average molecular weight is 128 g/mol. The summed E-state index contributed by atoms with van der Waals surface area (Å²) in [7, 11) is 0. The van der Waals surface area contributed by atoms with Gasteiger partial charge in [0, 0.05) is 0 Å². The van der Waals surface area contributed by atoms with E-state index in [9.17, 15) is 4.79 Å². The first kappa shape index (κ1) is 6.13. The van der Waals surface area contributed by atoms with Crippen molar-refractivity contribution >= 4 is 5.97 Å². The molecule has 0 atom stereocenters. The Labute approximate surface area is 53.3 Å². The van der Waals surface area contributed by atoms with Crippen LogP contribution in [0, 0.1) is 0 Å². The van der Waals surface area contributed by atoms with Gasteiger partial charge in [0.1, 0.15) is 6.26 Å². The van der Waals surface area contributed by atoms with E-state index in [0.29, 0.717) is 12.4 Å².